The lowest BCUT2D eigenvalue weighted by Crippen LogP contribution is -1.97. The van der Waals surface area contributed by atoms with E-state index in [-0.39, 0.29) is 11.4 Å². The van der Waals surface area contributed by atoms with Crippen LogP contribution in [0.4, 0.5) is 10.1 Å². The molecule has 0 radical (unpaired) electrons. The Morgan fingerprint density at radius 2 is 2.00 bits per heavy atom. The molecular weight excluding hydrogens is 203 g/mol. The molecule has 76 valence electrons. The molecule has 0 spiro atoms. The minimum Gasteiger partial charge on any atom is -0.285 e. The van der Waals surface area contributed by atoms with Gasteiger partial charge in [-0.15, -0.1) is 10.2 Å². The molecule has 1 heterocycles. The summed E-state index contributed by atoms with van der Waals surface area (Å²) < 4.78 is 14.6. The first-order valence-electron chi connectivity index (χ1n) is 3.97. The van der Waals surface area contributed by atoms with Crippen molar-refractivity contribution in [3.05, 3.63) is 46.8 Å². The molecule has 0 aliphatic rings. The number of nitro benzene ring substituents is 1. The summed E-state index contributed by atoms with van der Waals surface area (Å²) in [5.74, 6) is -0.569. The number of nitrogens with zero attached hydrogens (tertiary/aromatic N) is 4. The van der Waals surface area contributed by atoms with Crippen LogP contribution in [0.5, 0.6) is 0 Å². The van der Waals surface area contributed by atoms with E-state index in [1.807, 2.05) is 0 Å². The Morgan fingerprint density at radius 3 is 2.60 bits per heavy atom. The van der Waals surface area contributed by atoms with E-state index in [4.69, 9.17) is 0 Å². The van der Waals surface area contributed by atoms with Gasteiger partial charge in [-0.3, -0.25) is 14.7 Å². The fourth-order valence-corrected chi connectivity index (χ4v) is 1.14. The maximum absolute atomic E-state index is 13.3. The normalized spacial score (nSPS) is 10.2. The maximum atomic E-state index is 13.3. The molecular formula is C8H5FN4O2. The Morgan fingerprint density at radius 1 is 1.33 bits per heavy atom. The average molecular weight is 208 g/mol. The number of rotatable bonds is 2. The number of hydrogen-bond donors (Lipinski definition) is 0. The van der Waals surface area contributed by atoms with E-state index in [0.717, 1.165) is 18.2 Å². The van der Waals surface area contributed by atoms with Gasteiger partial charge in [0.25, 0.3) is 5.69 Å². The first-order valence-corrected chi connectivity index (χ1v) is 3.97. The minimum absolute atomic E-state index is 0.0502. The second kappa shape index (κ2) is 3.45. The van der Waals surface area contributed by atoms with E-state index >= 15 is 0 Å². The molecule has 2 aromatic rings. The number of benzene rings is 1. The van der Waals surface area contributed by atoms with Crippen molar-refractivity contribution in [1.29, 1.82) is 0 Å². The lowest BCUT2D eigenvalue weighted by atomic mass is 10.2. The molecule has 0 fully saturated rings. The van der Waals surface area contributed by atoms with E-state index in [0.29, 0.717) is 0 Å². The van der Waals surface area contributed by atoms with Crippen LogP contribution >= 0.6 is 0 Å². The van der Waals surface area contributed by atoms with Crippen molar-refractivity contribution in [2.45, 2.75) is 0 Å². The molecule has 1 aromatic carbocycles. The third kappa shape index (κ3) is 1.66. The Labute approximate surface area is 83.1 Å². The molecule has 15 heavy (non-hydrogen) atoms. The molecule has 7 heteroatoms. The third-order valence-corrected chi connectivity index (χ3v) is 1.84. The van der Waals surface area contributed by atoms with Crippen LogP contribution in [0.25, 0.3) is 5.69 Å². The highest BCUT2D eigenvalue weighted by atomic mass is 19.1. The van der Waals surface area contributed by atoms with Crippen LogP contribution < -0.4 is 0 Å². The first kappa shape index (κ1) is 9.25. The van der Waals surface area contributed by atoms with E-state index in [1.54, 1.807) is 0 Å². The van der Waals surface area contributed by atoms with Crippen LogP contribution in [0.2, 0.25) is 0 Å². The predicted molar refractivity (Wildman–Crippen MR) is 48.0 cm³/mol. The van der Waals surface area contributed by atoms with Gasteiger partial charge in [0.2, 0.25) is 0 Å². The van der Waals surface area contributed by atoms with E-state index < -0.39 is 10.7 Å². The predicted octanol–water partition coefficient (Wildman–Crippen LogP) is 1.31. The second-order valence-electron chi connectivity index (χ2n) is 2.76. The van der Waals surface area contributed by atoms with Gasteiger partial charge in [0.1, 0.15) is 18.5 Å². The zero-order valence-corrected chi connectivity index (χ0v) is 7.37. The monoisotopic (exact) mass is 208 g/mol. The highest BCUT2D eigenvalue weighted by molar-refractivity contribution is 5.43. The largest absolute Gasteiger partial charge is 0.285 e. The van der Waals surface area contributed by atoms with Gasteiger partial charge in [-0.1, -0.05) is 0 Å². The fourth-order valence-electron chi connectivity index (χ4n) is 1.14. The van der Waals surface area contributed by atoms with Gasteiger partial charge >= 0.3 is 0 Å². The number of hydrogen-bond acceptors (Lipinski definition) is 4. The molecule has 0 saturated carbocycles. The van der Waals surface area contributed by atoms with Crippen molar-refractivity contribution >= 4 is 5.69 Å². The van der Waals surface area contributed by atoms with Crippen molar-refractivity contribution in [1.82, 2.24) is 14.8 Å². The molecule has 0 N–H and O–H groups in total. The van der Waals surface area contributed by atoms with Crippen LogP contribution in [0, 0.1) is 15.9 Å². The second-order valence-corrected chi connectivity index (χ2v) is 2.76. The minimum atomic E-state index is -0.590. The molecule has 0 aliphatic carbocycles. The number of aromatic nitrogens is 3. The average Bonchev–Trinajstić information content (AvgIpc) is 2.71. The summed E-state index contributed by atoms with van der Waals surface area (Å²) in [6.07, 6.45) is 2.53. The molecule has 0 atom stereocenters. The lowest BCUT2D eigenvalue weighted by Gasteiger charge is -2.01. The molecule has 1 aromatic heterocycles. The van der Waals surface area contributed by atoms with Gasteiger partial charge in [-0.05, 0) is 6.07 Å². The molecule has 0 bridgehead atoms. The van der Waals surface area contributed by atoms with Gasteiger partial charge in [0.05, 0.1) is 10.6 Å². The number of halogens is 1. The standard InChI is InChI=1S/C8H5FN4O2/c9-7-2-1-6(13(14)15)3-8(7)12-4-10-11-5-12/h1-5H. The van der Waals surface area contributed by atoms with Gasteiger partial charge < -0.3 is 0 Å². The zero-order chi connectivity index (χ0) is 10.8. The van der Waals surface area contributed by atoms with E-state index in [9.17, 15) is 14.5 Å². The van der Waals surface area contributed by atoms with Crippen molar-refractivity contribution in [3.63, 3.8) is 0 Å². The summed E-state index contributed by atoms with van der Waals surface area (Å²) in [7, 11) is 0. The van der Waals surface area contributed by atoms with Crippen LogP contribution in [-0.4, -0.2) is 19.7 Å². The molecule has 2 rings (SSSR count). The summed E-state index contributed by atoms with van der Waals surface area (Å²) in [6, 6.07) is 3.26. The highest BCUT2D eigenvalue weighted by Gasteiger charge is 2.11. The van der Waals surface area contributed by atoms with Crippen molar-refractivity contribution in [2.24, 2.45) is 0 Å². The summed E-state index contributed by atoms with van der Waals surface area (Å²) in [5, 5.41) is 17.5. The smallest absolute Gasteiger partial charge is 0.271 e. The highest BCUT2D eigenvalue weighted by Crippen LogP contribution is 2.19. The zero-order valence-electron chi connectivity index (χ0n) is 7.37. The van der Waals surface area contributed by atoms with Crippen molar-refractivity contribution in [3.8, 4) is 5.69 Å². The summed E-state index contributed by atoms with van der Waals surface area (Å²) in [4.78, 5) is 9.89. The molecule has 0 saturated heterocycles. The maximum Gasteiger partial charge on any atom is 0.271 e. The number of nitro groups is 1. The van der Waals surface area contributed by atoms with Gasteiger partial charge in [0.15, 0.2) is 0 Å². The Balaban J connectivity index is 2.55. The van der Waals surface area contributed by atoms with E-state index in [1.165, 1.54) is 17.2 Å². The molecule has 0 aliphatic heterocycles. The Hall–Kier alpha value is -2.31. The summed E-state index contributed by atoms with van der Waals surface area (Å²) in [6.45, 7) is 0. The Bertz CT molecular complexity index is 497. The molecule has 0 unspecified atom stereocenters. The molecule has 6 nitrogen and oxygen atoms in total. The van der Waals surface area contributed by atoms with Gasteiger partial charge in [0, 0.05) is 12.1 Å². The topological polar surface area (TPSA) is 73.8 Å². The third-order valence-electron chi connectivity index (χ3n) is 1.84. The van der Waals surface area contributed by atoms with Crippen molar-refractivity contribution in [2.75, 3.05) is 0 Å². The van der Waals surface area contributed by atoms with Gasteiger partial charge in [-0.2, -0.15) is 0 Å². The lowest BCUT2D eigenvalue weighted by molar-refractivity contribution is -0.384. The van der Waals surface area contributed by atoms with Gasteiger partial charge in [-0.25, -0.2) is 4.39 Å². The van der Waals surface area contributed by atoms with Crippen LogP contribution in [-0.2, 0) is 0 Å². The summed E-state index contributed by atoms with van der Waals surface area (Å²) >= 11 is 0. The number of non-ortho nitro benzene ring substituents is 1. The van der Waals surface area contributed by atoms with E-state index in [2.05, 4.69) is 10.2 Å². The van der Waals surface area contributed by atoms with Crippen LogP contribution in [0.1, 0.15) is 0 Å². The fraction of sp³-hybridized carbons (Fsp3) is 0. The van der Waals surface area contributed by atoms with Crippen LogP contribution in [0.3, 0.4) is 0 Å². The Kier molecular flexibility index (Phi) is 2.13. The van der Waals surface area contributed by atoms with Crippen LogP contribution in [0.15, 0.2) is 30.9 Å². The molecule has 0 amide bonds. The first-order chi connectivity index (χ1) is 7.18. The van der Waals surface area contributed by atoms with Crippen molar-refractivity contribution < 1.29 is 9.31 Å². The summed E-state index contributed by atoms with van der Waals surface area (Å²) in [5.41, 5.74) is -0.130. The quantitative estimate of drug-likeness (QED) is 0.551. The SMILES string of the molecule is O=[N+]([O-])c1ccc(F)c(-n2cnnc2)c1.